The number of phenols is 3. The minimum Gasteiger partial charge on any atom is -0.506 e. The predicted octanol–water partition coefficient (Wildman–Crippen LogP) is 7.45. The second-order valence-electron chi connectivity index (χ2n) is 7.47. The van der Waals surface area contributed by atoms with E-state index in [1.165, 1.54) is 44.3 Å². The zero-order valence-electron chi connectivity index (χ0n) is 21.5. The molecule has 0 unspecified atom stereocenters. The number of methoxy groups -OCH3 is 1. The first kappa shape index (κ1) is 30.3. The monoisotopic (exact) mass is 566 g/mol. The van der Waals surface area contributed by atoms with Crippen LogP contribution in [0.15, 0.2) is 27.7 Å². The molecule has 0 spiro atoms. The SMILES string of the molecule is CC.CCCC.COc1cc(/C(=N/c2sc3c(O)cc(C)cc3c2C)NC(C)=O)c(Br)c(O)c1O. The lowest BCUT2D eigenvalue weighted by molar-refractivity contribution is -0.117. The molecule has 192 valence electrons. The Balaban J connectivity index is 0.000000926. The summed E-state index contributed by atoms with van der Waals surface area (Å²) >= 11 is 4.52. The maximum absolute atomic E-state index is 11.8. The van der Waals surface area contributed by atoms with Crippen molar-refractivity contribution in [3.63, 3.8) is 0 Å². The molecule has 4 N–H and O–H groups in total. The Hall–Kier alpha value is -2.78. The normalized spacial score (nSPS) is 10.7. The molecule has 0 bridgehead atoms. The third kappa shape index (κ3) is 7.35. The highest BCUT2D eigenvalue weighted by Gasteiger charge is 2.21. The van der Waals surface area contributed by atoms with Crippen LogP contribution in [0.25, 0.3) is 10.1 Å². The minimum absolute atomic E-state index is 0.0279. The summed E-state index contributed by atoms with van der Waals surface area (Å²) in [7, 11) is 1.35. The first-order valence-corrected chi connectivity index (χ1v) is 13.0. The summed E-state index contributed by atoms with van der Waals surface area (Å²) in [5.74, 6) is -0.869. The largest absolute Gasteiger partial charge is 0.506 e. The first-order chi connectivity index (χ1) is 16.5. The van der Waals surface area contributed by atoms with Gasteiger partial charge in [-0.1, -0.05) is 40.5 Å². The fourth-order valence-corrected chi connectivity index (χ4v) is 4.47. The molecule has 0 radical (unpaired) electrons. The van der Waals surface area contributed by atoms with Gasteiger partial charge in [0.1, 0.15) is 16.6 Å². The number of halogens is 1. The molecule has 0 aliphatic heterocycles. The number of hydrogen-bond acceptors (Lipinski definition) is 7. The molecule has 7 nitrogen and oxygen atoms in total. The number of unbranched alkanes of at least 4 members (excludes halogenated alkanes) is 1. The highest BCUT2D eigenvalue weighted by atomic mass is 79.9. The summed E-state index contributed by atoms with van der Waals surface area (Å²) in [6, 6.07) is 5.10. The number of thiophene rings is 1. The van der Waals surface area contributed by atoms with E-state index in [0.29, 0.717) is 15.3 Å². The summed E-state index contributed by atoms with van der Waals surface area (Å²) in [4.78, 5) is 16.4. The molecule has 1 aromatic heterocycles. The quantitative estimate of drug-likeness (QED) is 0.149. The van der Waals surface area contributed by atoms with Crippen LogP contribution in [0, 0.1) is 13.8 Å². The average Bonchev–Trinajstić information content (AvgIpc) is 3.14. The summed E-state index contributed by atoms with van der Waals surface area (Å²) < 4.78 is 5.95. The van der Waals surface area contributed by atoms with Gasteiger partial charge < -0.3 is 25.4 Å². The number of rotatable bonds is 4. The van der Waals surface area contributed by atoms with Gasteiger partial charge in [0.2, 0.25) is 11.7 Å². The molecular formula is C26H35BrN2O5S. The lowest BCUT2D eigenvalue weighted by atomic mass is 10.1. The second-order valence-corrected chi connectivity index (χ2v) is 9.26. The zero-order valence-corrected chi connectivity index (χ0v) is 23.9. The Morgan fingerprint density at radius 1 is 1.09 bits per heavy atom. The van der Waals surface area contributed by atoms with Gasteiger partial charge in [0.05, 0.1) is 16.3 Å². The van der Waals surface area contributed by atoms with E-state index < -0.39 is 11.5 Å². The number of benzene rings is 2. The number of aromatic hydroxyl groups is 3. The molecular weight excluding hydrogens is 532 g/mol. The first-order valence-electron chi connectivity index (χ1n) is 11.4. The van der Waals surface area contributed by atoms with Crippen molar-refractivity contribution in [3.05, 3.63) is 39.4 Å². The van der Waals surface area contributed by atoms with Crippen molar-refractivity contribution < 1.29 is 24.9 Å². The molecule has 1 heterocycles. The summed E-state index contributed by atoms with van der Waals surface area (Å²) in [5, 5.41) is 34.6. The van der Waals surface area contributed by atoms with Crippen molar-refractivity contribution >= 4 is 54.1 Å². The number of phenolic OH excluding ortho intramolecular Hbond substituents is 3. The summed E-state index contributed by atoms with van der Waals surface area (Å²) in [6.07, 6.45) is 2.64. The van der Waals surface area contributed by atoms with Crippen molar-refractivity contribution in [2.45, 2.75) is 61.3 Å². The number of amides is 1. The number of amidine groups is 1. The topological polar surface area (TPSA) is 111 Å². The molecule has 0 aliphatic carbocycles. The van der Waals surface area contributed by atoms with Gasteiger partial charge in [-0.2, -0.15) is 0 Å². The van der Waals surface area contributed by atoms with E-state index in [1.54, 1.807) is 6.07 Å². The third-order valence-electron chi connectivity index (χ3n) is 4.80. The summed E-state index contributed by atoms with van der Waals surface area (Å²) in [5.41, 5.74) is 2.09. The van der Waals surface area contributed by atoms with E-state index in [-0.39, 0.29) is 27.7 Å². The van der Waals surface area contributed by atoms with Crippen LogP contribution in [-0.2, 0) is 4.79 Å². The van der Waals surface area contributed by atoms with Crippen molar-refractivity contribution in [1.82, 2.24) is 5.32 Å². The predicted molar refractivity (Wildman–Crippen MR) is 149 cm³/mol. The summed E-state index contributed by atoms with van der Waals surface area (Å²) in [6.45, 7) is 13.5. The Labute approximate surface area is 219 Å². The molecule has 3 rings (SSSR count). The number of nitrogens with zero attached hydrogens (tertiary/aromatic N) is 1. The number of hydrogen-bond donors (Lipinski definition) is 4. The van der Waals surface area contributed by atoms with Crippen molar-refractivity contribution in [2.24, 2.45) is 4.99 Å². The van der Waals surface area contributed by atoms with E-state index in [0.717, 1.165) is 16.5 Å². The highest BCUT2D eigenvalue weighted by Crippen LogP contribution is 2.45. The number of carbonyl (C=O) groups excluding carboxylic acids is 1. The van der Waals surface area contributed by atoms with E-state index in [2.05, 4.69) is 40.1 Å². The Morgan fingerprint density at radius 3 is 2.20 bits per heavy atom. The van der Waals surface area contributed by atoms with Gasteiger partial charge in [0.15, 0.2) is 11.5 Å². The van der Waals surface area contributed by atoms with Crippen LogP contribution in [0.2, 0.25) is 0 Å². The van der Waals surface area contributed by atoms with Gasteiger partial charge in [-0.05, 0) is 59.1 Å². The Kier molecular flexibility index (Phi) is 12.1. The van der Waals surface area contributed by atoms with Crippen LogP contribution in [0.4, 0.5) is 5.00 Å². The van der Waals surface area contributed by atoms with Crippen molar-refractivity contribution in [1.29, 1.82) is 0 Å². The van der Waals surface area contributed by atoms with Crippen LogP contribution in [0.5, 0.6) is 23.0 Å². The zero-order chi connectivity index (χ0) is 26.9. The molecule has 0 atom stereocenters. The molecule has 0 aliphatic rings. The van der Waals surface area contributed by atoms with E-state index >= 15 is 0 Å². The molecule has 2 aromatic carbocycles. The van der Waals surface area contributed by atoms with Gasteiger partial charge in [-0.25, -0.2) is 4.99 Å². The lowest BCUT2D eigenvalue weighted by Gasteiger charge is -2.14. The molecule has 0 saturated heterocycles. The van der Waals surface area contributed by atoms with Crippen LogP contribution in [0.1, 0.15) is 64.2 Å². The van der Waals surface area contributed by atoms with Gasteiger partial charge in [0, 0.05) is 17.9 Å². The molecule has 9 heteroatoms. The number of aliphatic imine (C=N–C) groups is 1. The van der Waals surface area contributed by atoms with E-state index in [9.17, 15) is 20.1 Å². The molecule has 0 saturated carbocycles. The van der Waals surface area contributed by atoms with Gasteiger partial charge >= 0.3 is 0 Å². The molecule has 3 aromatic rings. The van der Waals surface area contributed by atoms with Crippen LogP contribution in [0.3, 0.4) is 0 Å². The van der Waals surface area contributed by atoms with Crippen molar-refractivity contribution in [3.8, 4) is 23.0 Å². The number of aryl methyl sites for hydroxylation is 2. The van der Waals surface area contributed by atoms with Crippen LogP contribution < -0.4 is 10.1 Å². The Morgan fingerprint density at radius 2 is 1.69 bits per heavy atom. The molecule has 0 fully saturated rings. The van der Waals surface area contributed by atoms with Gasteiger partial charge in [-0.3, -0.25) is 4.79 Å². The maximum Gasteiger partial charge on any atom is 0.222 e. The highest BCUT2D eigenvalue weighted by molar-refractivity contribution is 9.10. The van der Waals surface area contributed by atoms with E-state index in [4.69, 9.17) is 4.74 Å². The average molecular weight is 568 g/mol. The van der Waals surface area contributed by atoms with Gasteiger partial charge in [-0.15, -0.1) is 11.3 Å². The Bertz CT molecular complexity index is 1200. The maximum atomic E-state index is 11.8. The van der Waals surface area contributed by atoms with E-state index in [1.807, 2.05) is 33.8 Å². The number of carbonyl (C=O) groups is 1. The number of ether oxygens (including phenoxy) is 1. The smallest absolute Gasteiger partial charge is 0.222 e. The molecule has 35 heavy (non-hydrogen) atoms. The third-order valence-corrected chi connectivity index (χ3v) is 6.82. The van der Waals surface area contributed by atoms with Crippen LogP contribution in [-0.4, -0.2) is 34.2 Å². The minimum atomic E-state index is -0.432. The standard InChI is InChI=1S/C20H19BrN2O5S.C4H10.C2H6/c1-8-5-11-9(2)20(29-18(11)13(25)6-8)23-19(22-10(3)24)12-7-14(28-4)16(26)17(27)15(12)21;1-3-4-2;1-2/h5-7,25-27H,1-4H3,(H,22,23,24);3-4H2,1-2H3;1-2H3. The molecule has 1 amide bonds. The fraction of sp³-hybridized carbons (Fsp3) is 0.385. The second kappa shape index (κ2) is 13.9. The lowest BCUT2D eigenvalue weighted by Crippen LogP contribution is -2.29. The van der Waals surface area contributed by atoms with Gasteiger partial charge in [0.25, 0.3) is 0 Å². The number of nitrogens with one attached hydrogen (secondary N) is 1. The fourth-order valence-electron chi connectivity index (χ4n) is 2.90. The van der Waals surface area contributed by atoms with Crippen LogP contribution >= 0.6 is 27.3 Å². The van der Waals surface area contributed by atoms with Crippen molar-refractivity contribution in [2.75, 3.05) is 7.11 Å². The number of fused-ring (bicyclic) bond motifs is 1.